The first-order chi connectivity index (χ1) is 9.94. The Labute approximate surface area is 120 Å². The van der Waals surface area contributed by atoms with Crippen molar-refractivity contribution < 1.29 is 17.9 Å². The molecule has 4 nitrogen and oxygen atoms in total. The van der Waals surface area contributed by atoms with Crippen molar-refractivity contribution in [3.63, 3.8) is 0 Å². The van der Waals surface area contributed by atoms with Crippen molar-refractivity contribution in [2.75, 3.05) is 7.05 Å². The lowest BCUT2D eigenvalue weighted by Crippen LogP contribution is -2.34. The second-order valence-corrected chi connectivity index (χ2v) is 5.06. The predicted molar refractivity (Wildman–Crippen MR) is 69.7 cm³/mol. The zero-order chi connectivity index (χ0) is 15.5. The quantitative estimate of drug-likeness (QED) is 0.932. The molecule has 1 saturated carbocycles. The Kier molecular flexibility index (Phi) is 4.68. The van der Waals surface area contributed by atoms with Crippen LogP contribution in [0, 0.1) is 11.3 Å². The van der Waals surface area contributed by atoms with E-state index < -0.39 is 17.4 Å². The van der Waals surface area contributed by atoms with Crippen LogP contribution in [0.1, 0.15) is 36.9 Å². The molecule has 0 aliphatic heterocycles. The summed E-state index contributed by atoms with van der Waals surface area (Å²) < 4.78 is 44.1. The van der Waals surface area contributed by atoms with Gasteiger partial charge in [-0.25, -0.2) is 4.98 Å². The molecule has 0 atom stereocenters. The molecule has 0 unspecified atom stereocenters. The third-order valence-electron chi connectivity index (χ3n) is 3.66. The lowest BCUT2D eigenvalue weighted by atomic mass is 9.93. The van der Waals surface area contributed by atoms with Gasteiger partial charge in [-0.15, -0.1) is 0 Å². The summed E-state index contributed by atoms with van der Waals surface area (Å²) in [6.07, 6.45) is -0.113. The third-order valence-corrected chi connectivity index (χ3v) is 3.66. The summed E-state index contributed by atoms with van der Waals surface area (Å²) in [5, 5.41) is 11.9. The molecule has 1 aliphatic rings. The number of pyridine rings is 1. The smallest absolute Gasteiger partial charge is 0.419 e. The van der Waals surface area contributed by atoms with Gasteiger partial charge in [0.15, 0.2) is 5.69 Å². The van der Waals surface area contributed by atoms with Gasteiger partial charge >= 0.3 is 6.18 Å². The summed E-state index contributed by atoms with van der Waals surface area (Å²) in [6, 6.07) is 2.75. The van der Waals surface area contributed by atoms with Gasteiger partial charge in [-0.05, 0) is 38.8 Å². The van der Waals surface area contributed by atoms with Gasteiger partial charge in [-0.1, -0.05) is 0 Å². The number of halogens is 3. The fourth-order valence-electron chi connectivity index (χ4n) is 2.48. The standard InChI is InChI=1S/C14H16F3N3O/c1-19-9-2-4-10(5-3-9)21-11-6-12(14(15,16)17)13(7-18)20-8-11/h6,8-10,19H,2-5H2,1H3. The van der Waals surface area contributed by atoms with Crippen LogP contribution in [0.3, 0.4) is 0 Å². The molecule has 0 aromatic carbocycles. The van der Waals surface area contributed by atoms with Gasteiger partial charge in [0.25, 0.3) is 0 Å². The molecule has 0 saturated heterocycles. The van der Waals surface area contributed by atoms with Crippen molar-refractivity contribution in [3.8, 4) is 11.8 Å². The number of aromatic nitrogens is 1. The molecule has 21 heavy (non-hydrogen) atoms. The predicted octanol–water partition coefficient (Wildman–Crippen LogP) is 2.88. The molecule has 0 bridgehead atoms. The molecule has 1 aliphatic carbocycles. The summed E-state index contributed by atoms with van der Waals surface area (Å²) in [7, 11) is 1.89. The Morgan fingerprint density at radius 1 is 1.33 bits per heavy atom. The molecule has 1 N–H and O–H groups in total. The second kappa shape index (κ2) is 6.31. The van der Waals surface area contributed by atoms with Crippen molar-refractivity contribution in [1.82, 2.24) is 10.3 Å². The van der Waals surface area contributed by atoms with E-state index in [0.717, 1.165) is 31.7 Å². The number of nitrogens with one attached hydrogen (secondary N) is 1. The SMILES string of the molecule is CNC1CCC(Oc2cnc(C#N)c(C(F)(F)F)c2)CC1. The van der Waals surface area contributed by atoms with Gasteiger partial charge in [0, 0.05) is 6.04 Å². The maximum atomic E-state index is 12.8. The molecule has 0 spiro atoms. The summed E-state index contributed by atoms with van der Waals surface area (Å²) in [5.74, 6) is 0.0641. The number of hydrogen-bond donors (Lipinski definition) is 1. The summed E-state index contributed by atoms with van der Waals surface area (Å²) >= 11 is 0. The van der Waals surface area contributed by atoms with Crippen LogP contribution in [-0.2, 0) is 6.18 Å². The minimum atomic E-state index is -4.61. The maximum absolute atomic E-state index is 12.8. The number of nitrogens with zero attached hydrogens (tertiary/aromatic N) is 2. The number of hydrogen-bond acceptors (Lipinski definition) is 4. The summed E-state index contributed by atoms with van der Waals surface area (Å²) in [6.45, 7) is 0. The summed E-state index contributed by atoms with van der Waals surface area (Å²) in [5.41, 5.74) is -1.68. The van der Waals surface area contributed by atoms with Crippen LogP contribution in [0.4, 0.5) is 13.2 Å². The van der Waals surface area contributed by atoms with Crippen LogP contribution in [0.2, 0.25) is 0 Å². The van der Waals surface area contributed by atoms with E-state index in [1.807, 2.05) is 7.05 Å². The normalized spacial score (nSPS) is 22.6. The van der Waals surface area contributed by atoms with Gasteiger partial charge in [0.05, 0.1) is 17.9 Å². The largest absolute Gasteiger partial charge is 0.489 e. The Hall–Kier alpha value is -1.81. The number of alkyl halides is 3. The zero-order valence-electron chi connectivity index (χ0n) is 11.6. The topological polar surface area (TPSA) is 57.9 Å². The van der Waals surface area contributed by atoms with Crippen molar-refractivity contribution in [1.29, 1.82) is 5.26 Å². The van der Waals surface area contributed by atoms with Crippen molar-refractivity contribution in [3.05, 3.63) is 23.5 Å². The molecule has 2 rings (SSSR count). The minimum Gasteiger partial charge on any atom is -0.489 e. The van der Waals surface area contributed by atoms with E-state index in [9.17, 15) is 13.2 Å². The van der Waals surface area contributed by atoms with E-state index in [1.165, 1.54) is 12.3 Å². The first kappa shape index (κ1) is 15.6. The zero-order valence-corrected chi connectivity index (χ0v) is 11.6. The van der Waals surface area contributed by atoms with E-state index in [1.54, 1.807) is 0 Å². The highest BCUT2D eigenvalue weighted by Crippen LogP contribution is 2.34. The molecule has 1 aromatic heterocycles. The van der Waals surface area contributed by atoms with Gasteiger partial charge in [0.1, 0.15) is 11.8 Å². The van der Waals surface area contributed by atoms with Crippen molar-refractivity contribution in [2.24, 2.45) is 0 Å². The van der Waals surface area contributed by atoms with Gasteiger partial charge in [-0.3, -0.25) is 0 Å². The molecule has 1 aromatic rings. The molecule has 0 radical (unpaired) electrons. The molecular formula is C14H16F3N3O. The maximum Gasteiger partial charge on any atom is 0.419 e. The second-order valence-electron chi connectivity index (χ2n) is 5.06. The number of ether oxygens (including phenoxy) is 1. The molecular weight excluding hydrogens is 283 g/mol. The van der Waals surface area contributed by atoms with Crippen LogP contribution in [-0.4, -0.2) is 24.2 Å². The van der Waals surface area contributed by atoms with Crippen LogP contribution in [0.25, 0.3) is 0 Å². The van der Waals surface area contributed by atoms with E-state index in [4.69, 9.17) is 10.00 Å². The first-order valence-electron chi connectivity index (χ1n) is 6.75. The van der Waals surface area contributed by atoms with Crippen LogP contribution in [0.15, 0.2) is 12.3 Å². The Morgan fingerprint density at radius 2 is 2.00 bits per heavy atom. The molecule has 7 heteroatoms. The van der Waals surface area contributed by atoms with E-state index in [-0.39, 0.29) is 11.9 Å². The third kappa shape index (κ3) is 3.85. The molecule has 0 amide bonds. The summed E-state index contributed by atoms with van der Waals surface area (Å²) in [4.78, 5) is 3.54. The fourth-order valence-corrected chi connectivity index (χ4v) is 2.48. The average Bonchev–Trinajstić information content (AvgIpc) is 2.47. The van der Waals surface area contributed by atoms with Gasteiger partial charge in [0.2, 0.25) is 0 Å². The highest BCUT2D eigenvalue weighted by molar-refractivity contribution is 5.38. The number of nitriles is 1. The van der Waals surface area contributed by atoms with E-state index in [0.29, 0.717) is 6.04 Å². The Bertz CT molecular complexity index is 531. The van der Waals surface area contributed by atoms with E-state index >= 15 is 0 Å². The first-order valence-corrected chi connectivity index (χ1v) is 6.75. The highest BCUT2D eigenvalue weighted by atomic mass is 19.4. The monoisotopic (exact) mass is 299 g/mol. The average molecular weight is 299 g/mol. The molecule has 1 fully saturated rings. The molecule has 1 heterocycles. The lowest BCUT2D eigenvalue weighted by molar-refractivity contribution is -0.138. The van der Waals surface area contributed by atoms with Crippen molar-refractivity contribution in [2.45, 2.75) is 44.0 Å². The van der Waals surface area contributed by atoms with Crippen LogP contribution in [0.5, 0.6) is 5.75 Å². The van der Waals surface area contributed by atoms with Crippen molar-refractivity contribution >= 4 is 0 Å². The lowest BCUT2D eigenvalue weighted by Gasteiger charge is -2.28. The minimum absolute atomic E-state index is 0.0641. The van der Waals surface area contributed by atoms with Crippen LogP contribution >= 0.6 is 0 Å². The van der Waals surface area contributed by atoms with E-state index in [2.05, 4.69) is 10.3 Å². The molecule has 114 valence electrons. The highest BCUT2D eigenvalue weighted by Gasteiger charge is 2.35. The number of rotatable bonds is 3. The Balaban J connectivity index is 2.10. The Morgan fingerprint density at radius 3 is 2.52 bits per heavy atom. The fraction of sp³-hybridized carbons (Fsp3) is 0.571. The van der Waals surface area contributed by atoms with Crippen LogP contribution < -0.4 is 10.1 Å². The van der Waals surface area contributed by atoms with Gasteiger partial charge in [-0.2, -0.15) is 18.4 Å². The van der Waals surface area contributed by atoms with Gasteiger partial charge < -0.3 is 10.1 Å².